The molecule has 0 fully saturated rings. The first-order chi connectivity index (χ1) is 9.35. The summed E-state index contributed by atoms with van der Waals surface area (Å²) in [6.45, 7) is 8.06. The van der Waals surface area contributed by atoms with E-state index in [9.17, 15) is 4.79 Å². The van der Waals surface area contributed by atoms with Gasteiger partial charge in [0, 0.05) is 6.54 Å². The molecule has 0 aliphatic heterocycles. The fourth-order valence-corrected chi connectivity index (χ4v) is 1.87. The molecule has 6 nitrogen and oxygen atoms in total. The Morgan fingerprint density at radius 1 is 1.40 bits per heavy atom. The molecule has 0 saturated carbocycles. The highest BCUT2D eigenvalue weighted by atomic mass is 16.6. The fourth-order valence-electron chi connectivity index (χ4n) is 1.87. The van der Waals surface area contributed by atoms with Crippen LogP contribution in [0.5, 0.6) is 0 Å². The minimum absolute atomic E-state index is 0.215. The summed E-state index contributed by atoms with van der Waals surface area (Å²) >= 11 is 0. The zero-order valence-corrected chi connectivity index (χ0v) is 12.3. The third-order valence-corrected chi connectivity index (χ3v) is 2.58. The lowest BCUT2D eigenvalue weighted by molar-refractivity contribution is -0.154. The average molecular weight is 276 g/mol. The van der Waals surface area contributed by atoms with Crippen LogP contribution in [0.2, 0.25) is 0 Å². The van der Waals surface area contributed by atoms with Crippen LogP contribution in [0.3, 0.4) is 0 Å². The van der Waals surface area contributed by atoms with Crippen molar-refractivity contribution in [2.45, 2.75) is 39.7 Å². The maximum absolute atomic E-state index is 11.6. The third kappa shape index (κ3) is 3.69. The molecule has 0 atom stereocenters. The van der Waals surface area contributed by atoms with Crippen LogP contribution < -0.4 is 5.32 Å². The average Bonchev–Trinajstić information content (AvgIpc) is 2.74. The molecule has 1 N–H and O–H groups in total. The van der Waals surface area contributed by atoms with Crippen LogP contribution in [0, 0.1) is 6.92 Å². The van der Waals surface area contributed by atoms with Crippen molar-refractivity contribution in [1.82, 2.24) is 14.6 Å². The molecule has 2 aromatic heterocycles. The molecule has 6 heteroatoms. The summed E-state index contributed by atoms with van der Waals surface area (Å²) in [5, 5.41) is 7.33. The molecule has 0 amide bonds. The summed E-state index contributed by atoms with van der Waals surface area (Å²) in [5.74, 6) is 0.605. The van der Waals surface area contributed by atoms with Gasteiger partial charge in [-0.05, 0) is 45.4 Å². The zero-order valence-electron chi connectivity index (χ0n) is 12.3. The summed E-state index contributed by atoms with van der Waals surface area (Å²) < 4.78 is 6.97. The number of nitrogens with one attached hydrogen (secondary N) is 1. The standard InChI is InChI=1S/C14H20N4O2/c1-10-7-11(18-12(8-10)16-9-17-18)15-6-5-13(19)20-14(2,3)4/h7-9,15H,5-6H2,1-4H3. The summed E-state index contributed by atoms with van der Waals surface area (Å²) in [6.07, 6.45) is 1.81. The second kappa shape index (κ2) is 5.48. The molecule has 2 rings (SSSR count). The second-order valence-corrected chi connectivity index (χ2v) is 5.71. The van der Waals surface area contributed by atoms with Gasteiger partial charge in [-0.25, -0.2) is 4.98 Å². The molecule has 0 aliphatic rings. The van der Waals surface area contributed by atoms with Crippen LogP contribution in [0.1, 0.15) is 32.8 Å². The molecule has 0 spiro atoms. The number of hydrogen-bond donors (Lipinski definition) is 1. The van der Waals surface area contributed by atoms with Crippen LogP contribution in [0.4, 0.5) is 5.82 Å². The number of anilines is 1. The highest BCUT2D eigenvalue weighted by Gasteiger charge is 2.15. The van der Waals surface area contributed by atoms with E-state index in [1.165, 1.54) is 6.33 Å². The van der Waals surface area contributed by atoms with Crippen molar-refractivity contribution < 1.29 is 9.53 Å². The number of carbonyl (C=O) groups excluding carboxylic acids is 1. The van der Waals surface area contributed by atoms with Crippen LogP contribution in [0.25, 0.3) is 5.65 Å². The first-order valence-corrected chi connectivity index (χ1v) is 6.61. The molecule has 108 valence electrons. The van der Waals surface area contributed by atoms with E-state index in [0.717, 1.165) is 17.0 Å². The van der Waals surface area contributed by atoms with Crippen LogP contribution in [-0.2, 0) is 9.53 Å². The number of nitrogens with zero attached hydrogens (tertiary/aromatic N) is 3. The van der Waals surface area contributed by atoms with Crippen molar-refractivity contribution in [1.29, 1.82) is 0 Å². The van der Waals surface area contributed by atoms with Gasteiger partial charge in [0.25, 0.3) is 0 Å². The van der Waals surface area contributed by atoms with Gasteiger partial charge in [-0.1, -0.05) is 0 Å². The van der Waals surface area contributed by atoms with E-state index in [2.05, 4.69) is 15.4 Å². The smallest absolute Gasteiger partial charge is 0.308 e. The molecule has 2 aromatic rings. The van der Waals surface area contributed by atoms with Crippen molar-refractivity contribution in [2.24, 2.45) is 0 Å². The second-order valence-electron chi connectivity index (χ2n) is 5.71. The highest BCUT2D eigenvalue weighted by molar-refractivity contribution is 5.70. The Balaban J connectivity index is 1.96. The van der Waals surface area contributed by atoms with E-state index in [0.29, 0.717) is 13.0 Å². The Morgan fingerprint density at radius 2 is 2.15 bits per heavy atom. The lowest BCUT2D eigenvalue weighted by atomic mass is 10.2. The molecule has 0 aliphatic carbocycles. The minimum Gasteiger partial charge on any atom is -0.460 e. The fraction of sp³-hybridized carbons (Fsp3) is 0.500. The molecule has 0 saturated heterocycles. The topological polar surface area (TPSA) is 68.5 Å². The molecule has 0 aromatic carbocycles. The zero-order chi connectivity index (χ0) is 14.8. The SMILES string of the molecule is Cc1cc(NCCC(=O)OC(C)(C)C)n2ncnc2c1. The maximum atomic E-state index is 11.6. The lowest BCUT2D eigenvalue weighted by Gasteiger charge is -2.19. The quantitative estimate of drug-likeness (QED) is 0.867. The summed E-state index contributed by atoms with van der Waals surface area (Å²) in [4.78, 5) is 15.8. The Bertz CT molecular complexity index is 613. The van der Waals surface area contributed by atoms with Gasteiger partial charge >= 0.3 is 5.97 Å². The van der Waals surface area contributed by atoms with E-state index >= 15 is 0 Å². The number of aromatic nitrogens is 3. The Kier molecular flexibility index (Phi) is 3.92. The number of rotatable bonds is 4. The van der Waals surface area contributed by atoms with Gasteiger partial charge in [-0.15, -0.1) is 0 Å². The molecule has 20 heavy (non-hydrogen) atoms. The van der Waals surface area contributed by atoms with E-state index < -0.39 is 5.60 Å². The van der Waals surface area contributed by atoms with Crippen LogP contribution in [0.15, 0.2) is 18.5 Å². The summed E-state index contributed by atoms with van der Waals surface area (Å²) in [6, 6.07) is 3.92. The van der Waals surface area contributed by atoms with E-state index in [4.69, 9.17) is 4.74 Å². The number of fused-ring (bicyclic) bond motifs is 1. The number of pyridine rings is 1. The van der Waals surface area contributed by atoms with E-state index in [1.54, 1.807) is 4.52 Å². The monoisotopic (exact) mass is 276 g/mol. The normalized spacial score (nSPS) is 11.6. The van der Waals surface area contributed by atoms with Gasteiger partial charge < -0.3 is 10.1 Å². The first kappa shape index (κ1) is 14.3. The van der Waals surface area contributed by atoms with Gasteiger partial charge in [0.05, 0.1) is 6.42 Å². The molecular weight excluding hydrogens is 256 g/mol. The predicted octanol–water partition coefficient (Wildman–Crippen LogP) is 2.18. The molecule has 0 unspecified atom stereocenters. The number of esters is 1. The van der Waals surface area contributed by atoms with Gasteiger partial charge in [0.2, 0.25) is 0 Å². The number of hydrogen-bond acceptors (Lipinski definition) is 5. The van der Waals surface area contributed by atoms with Gasteiger partial charge in [0.1, 0.15) is 17.7 Å². The van der Waals surface area contributed by atoms with Crippen molar-refractivity contribution in [3.8, 4) is 0 Å². The van der Waals surface area contributed by atoms with Gasteiger partial charge in [-0.2, -0.15) is 9.61 Å². The predicted molar refractivity (Wildman–Crippen MR) is 76.7 cm³/mol. The lowest BCUT2D eigenvalue weighted by Crippen LogP contribution is -2.25. The van der Waals surface area contributed by atoms with Crippen molar-refractivity contribution in [3.63, 3.8) is 0 Å². The van der Waals surface area contributed by atoms with Gasteiger partial charge in [-0.3, -0.25) is 4.79 Å². The van der Waals surface area contributed by atoms with Crippen LogP contribution in [-0.4, -0.2) is 32.7 Å². The Labute approximate surface area is 118 Å². The third-order valence-electron chi connectivity index (χ3n) is 2.58. The van der Waals surface area contributed by atoms with Crippen LogP contribution >= 0.6 is 0 Å². The van der Waals surface area contributed by atoms with Crippen molar-refractivity contribution in [2.75, 3.05) is 11.9 Å². The first-order valence-electron chi connectivity index (χ1n) is 6.61. The summed E-state index contributed by atoms with van der Waals surface area (Å²) in [5.41, 5.74) is 1.43. The number of aryl methyl sites for hydroxylation is 1. The Hall–Kier alpha value is -2.11. The van der Waals surface area contributed by atoms with E-state index in [1.807, 2.05) is 39.8 Å². The summed E-state index contributed by atoms with van der Waals surface area (Å²) in [7, 11) is 0. The number of carbonyl (C=O) groups is 1. The Morgan fingerprint density at radius 3 is 2.85 bits per heavy atom. The van der Waals surface area contributed by atoms with Crippen molar-refractivity contribution >= 4 is 17.4 Å². The highest BCUT2D eigenvalue weighted by Crippen LogP contribution is 2.13. The number of ether oxygens (including phenoxy) is 1. The molecular formula is C14H20N4O2. The largest absolute Gasteiger partial charge is 0.460 e. The van der Waals surface area contributed by atoms with Crippen molar-refractivity contribution in [3.05, 3.63) is 24.0 Å². The minimum atomic E-state index is -0.445. The molecule has 0 radical (unpaired) electrons. The van der Waals surface area contributed by atoms with Gasteiger partial charge in [0.15, 0.2) is 5.65 Å². The molecule has 0 bridgehead atoms. The maximum Gasteiger partial charge on any atom is 0.308 e. The molecule has 2 heterocycles. The van der Waals surface area contributed by atoms with E-state index in [-0.39, 0.29) is 5.97 Å².